The first-order valence-electron chi connectivity index (χ1n) is 10.7. The minimum atomic E-state index is -0.135. The molecule has 4 rings (SSSR count). The fourth-order valence-electron chi connectivity index (χ4n) is 3.38. The fourth-order valence-corrected chi connectivity index (χ4v) is 3.38. The Morgan fingerprint density at radius 3 is 1.72 bits per heavy atom. The average Bonchev–Trinajstić information content (AvgIpc) is 2.85. The Morgan fingerprint density at radius 1 is 0.625 bits per heavy atom. The van der Waals surface area contributed by atoms with Crippen LogP contribution in [0.1, 0.15) is 16.7 Å². The normalized spacial score (nSPS) is 10.4. The summed E-state index contributed by atoms with van der Waals surface area (Å²) < 4.78 is 5.88. The number of anilines is 1. The molecule has 0 aliphatic rings. The van der Waals surface area contributed by atoms with Crippen LogP contribution >= 0.6 is 0 Å². The minimum Gasteiger partial charge on any atom is -0.489 e. The Balaban J connectivity index is 1.43. The molecule has 0 atom stereocenters. The number of hydrogen-bond acceptors (Lipinski definition) is 2. The lowest BCUT2D eigenvalue weighted by Crippen LogP contribution is -2.34. The van der Waals surface area contributed by atoms with E-state index < -0.39 is 0 Å². The van der Waals surface area contributed by atoms with Gasteiger partial charge in [-0.25, -0.2) is 4.79 Å². The number of rotatable bonds is 8. The van der Waals surface area contributed by atoms with Crippen molar-refractivity contribution in [2.75, 3.05) is 5.32 Å². The standard InChI is InChI=1S/C28H26N2O2/c31-28(29-26-14-8-3-9-15-26)30(20-23-10-4-1-5-11-23)21-24-16-18-27(19-17-24)32-22-25-12-6-2-7-13-25/h1-19H,20-22H2,(H,29,31). The highest BCUT2D eigenvalue weighted by Gasteiger charge is 2.15. The van der Waals surface area contributed by atoms with Gasteiger partial charge in [-0.2, -0.15) is 0 Å². The molecule has 0 aliphatic carbocycles. The van der Waals surface area contributed by atoms with E-state index in [4.69, 9.17) is 4.74 Å². The molecule has 0 fully saturated rings. The molecule has 0 aromatic heterocycles. The topological polar surface area (TPSA) is 41.6 Å². The van der Waals surface area contributed by atoms with E-state index in [9.17, 15) is 4.79 Å². The van der Waals surface area contributed by atoms with Crippen LogP contribution in [0.25, 0.3) is 0 Å². The summed E-state index contributed by atoms with van der Waals surface area (Å²) in [5.41, 5.74) is 4.03. The van der Waals surface area contributed by atoms with Crippen LogP contribution in [0.5, 0.6) is 5.75 Å². The molecule has 4 aromatic rings. The third kappa shape index (κ3) is 6.22. The van der Waals surface area contributed by atoms with Gasteiger partial charge in [0.1, 0.15) is 12.4 Å². The Hall–Kier alpha value is -4.05. The number of nitrogens with one attached hydrogen (secondary N) is 1. The predicted octanol–water partition coefficient (Wildman–Crippen LogP) is 6.50. The summed E-state index contributed by atoms with van der Waals surface area (Å²) in [6.45, 7) is 1.54. The molecule has 0 radical (unpaired) electrons. The van der Waals surface area contributed by atoms with Crippen LogP contribution in [-0.4, -0.2) is 10.9 Å². The molecule has 0 saturated carbocycles. The van der Waals surface area contributed by atoms with Crippen LogP contribution in [-0.2, 0) is 19.7 Å². The van der Waals surface area contributed by atoms with E-state index in [1.54, 1.807) is 0 Å². The van der Waals surface area contributed by atoms with Gasteiger partial charge >= 0.3 is 6.03 Å². The lowest BCUT2D eigenvalue weighted by molar-refractivity contribution is 0.206. The van der Waals surface area contributed by atoms with Crippen molar-refractivity contribution >= 4 is 11.7 Å². The molecular formula is C28H26N2O2. The number of urea groups is 1. The van der Waals surface area contributed by atoms with E-state index >= 15 is 0 Å². The van der Waals surface area contributed by atoms with Crippen LogP contribution in [0.4, 0.5) is 10.5 Å². The zero-order chi connectivity index (χ0) is 22.0. The molecule has 1 N–H and O–H groups in total. The zero-order valence-electron chi connectivity index (χ0n) is 17.9. The minimum absolute atomic E-state index is 0.135. The maximum atomic E-state index is 13.0. The molecule has 4 aromatic carbocycles. The van der Waals surface area contributed by atoms with Crippen molar-refractivity contribution in [1.82, 2.24) is 4.90 Å². The number of hydrogen-bond donors (Lipinski definition) is 1. The van der Waals surface area contributed by atoms with Gasteiger partial charge < -0.3 is 15.0 Å². The Labute approximate surface area is 189 Å². The second-order valence-corrected chi connectivity index (χ2v) is 7.56. The molecule has 160 valence electrons. The monoisotopic (exact) mass is 422 g/mol. The molecule has 0 unspecified atom stereocenters. The fraction of sp³-hybridized carbons (Fsp3) is 0.107. The van der Waals surface area contributed by atoms with Crippen molar-refractivity contribution in [1.29, 1.82) is 0 Å². The summed E-state index contributed by atoms with van der Waals surface area (Å²) in [5.74, 6) is 0.806. The summed E-state index contributed by atoms with van der Waals surface area (Å²) >= 11 is 0. The first kappa shape index (κ1) is 21.2. The Morgan fingerprint density at radius 2 is 1.12 bits per heavy atom. The molecule has 0 aliphatic heterocycles. The van der Waals surface area contributed by atoms with Crippen LogP contribution < -0.4 is 10.1 Å². The van der Waals surface area contributed by atoms with Crippen LogP contribution in [0.15, 0.2) is 115 Å². The number of ether oxygens (including phenoxy) is 1. The molecule has 2 amide bonds. The number of para-hydroxylation sites is 1. The van der Waals surface area contributed by atoms with Gasteiger partial charge in [0.25, 0.3) is 0 Å². The first-order chi connectivity index (χ1) is 15.8. The van der Waals surface area contributed by atoms with Crippen molar-refractivity contribution in [3.8, 4) is 5.75 Å². The van der Waals surface area contributed by atoms with E-state index in [0.717, 1.165) is 28.1 Å². The molecule has 0 spiro atoms. The molecule has 4 nitrogen and oxygen atoms in total. The summed E-state index contributed by atoms with van der Waals surface area (Å²) in [6, 6.07) is 37.4. The zero-order valence-corrected chi connectivity index (χ0v) is 17.9. The molecule has 0 saturated heterocycles. The number of carbonyl (C=O) groups is 1. The first-order valence-corrected chi connectivity index (χ1v) is 10.7. The summed E-state index contributed by atoms with van der Waals surface area (Å²) in [6.07, 6.45) is 0. The highest BCUT2D eigenvalue weighted by Crippen LogP contribution is 2.18. The molecule has 4 heteroatoms. The van der Waals surface area contributed by atoms with Gasteiger partial charge in [0, 0.05) is 18.8 Å². The van der Waals surface area contributed by atoms with Gasteiger partial charge in [-0.05, 0) is 41.0 Å². The van der Waals surface area contributed by atoms with Crippen LogP contribution in [0, 0.1) is 0 Å². The molecule has 32 heavy (non-hydrogen) atoms. The average molecular weight is 423 g/mol. The maximum absolute atomic E-state index is 13.0. The lowest BCUT2D eigenvalue weighted by atomic mass is 10.1. The van der Waals surface area contributed by atoms with E-state index in [1.807, 2.05) is 120 Å². The maximum Gasteiger partial charge on any atom is 0.322 e. The smallest absolute Gasteiger partial charge is 0.322 e. The number of carbonyl (C=O) groups excluding carboxylic acids is 1. The van der Waals surface area contributed by atoms with Gasteiger partial charge in [-0.15, -0.1) is 0 Å². The molecular weight excluding hydrogens is 396 g/mol. The van der Waals surface area contributed by atoms with E-state index in [-0.39, 0.29) is 6.03 Å². The van der Waals surface area contributed by atoms with Gasteiger partial charge in [-0.1, -0.05) is 91.0 Å². The Bertz CT molecular complexity index is 1100. The molecule has 0 bridgehead atoms. The van der Waals surface area contributed by atoms with Gasteiger partial charge in [-0.3, -0.25) is 0 Å². The molecule has 0 heterocycles. The summed E-state index contributed by atoms with van der Waals surface area (Å²) in [5, 5.41) is 2.99. The largest absolute Gasteiger partial charge is 0.489 e. The van der Waals surface area contributed by atoms with Crippen molar-refractivity contribution in [2.45, 2.75) is 19.7 Å². The third-order valence-corrected chi connectivity index (χ3v) is 5.07. The number of benzene rings is 4. The SMILES string of the molecule is O=C(Nc1ccccc1)N(Cc1ccccc1)Cc1ccc(OCc2ccccc2)cc1. The second kappa shape index (κ2) is 10.8. The van der Waals surface area contributed by atoms with Gasteiger partial charge in [0.05, 0.1) is 0 Å². The van der Waals surface area contributed by atoms with Crippen molar-refractivity contribution in [3.05, 3.63) is 132 Å². The summed E-state index contributed by atoms with van der Waals surface area (Å²) in [7, 11) is 0. The Kier molecular flexibility index (Phi) is 7.17. The van der Waals surface area contributed by atoms with Crippen LogP contribution in [0.2, 0.25) is 0 Å². The second-order valence-electron chi connectivity index (χ2n) is 7.56. The van der Waals surface area contributed by atoms with E-state index in [1.165, 1.54) is 0 Å². The van der Waals surface area contributed by atoms with E-state index in [2.05, 4.69) is 5.32 Å². The number of nitrogens with zero attached hydrogens (tertiary/aromatic N) is 1. The van der Waals surface area contributed by atoms with Crippen molar-refractivity contribution < 1.29 is 9.53 Å². The van der Waals surface area contributed by atoms with Crippen LogP contribution in [0.3, 0.4) is 0 Å². The van der Waals surface area contributed by atoms with Crippen molar-refractivity contribution in [3.63, 3.8) is 0 Å². The predicted molar refractivity (Wildman–Crippen MR) is 128 cm³/mol. The van der Waals surface area contributed by atoms with E-state index in [0.29, 0.717) is 19.7 Å². The third-order valence-electron chi connectivity index (χ3n) is 5.07. The lowest BCUT2D eigenvalue weighted by Gasteiger charge is -2.23. The van der Waals surface area contributed by atoms with Gasteiger partial charge in [0.15, 0.2) is 0 Å². The van der Waals surface area contributed by atoms with Crippen molar-refractivity contribution in [2.24, 2.45) is 0 Å². The summed E-state index contributed by atoms with van der Waals surface area (Å²) in [4.78, 5) is 14.8. The number of amides is 2. The highest BCUT2D eigenvalue weighted by molar-refractivity contribution is 5.89. The quantitative estimate of drug-likeness (QED) is 0.352. The van der Waals surface area contributed by atoms with Gasteiger partial charge in [0.2, 0.25) is 0 Å². The highest BCUT2D eigenvalue weighted by atomic mass is 16.5.